The van der Waals surface area contributed by atoms with Gasteiger partial charge >= 0.3 is 0 Å². The first-order chi connectivity index (χ1) is 12.1. The highest BCUT2D eigenvalue weighted by molar-refractivity contribution is 14.0. The summed E-state index contributed by atoms with van der Waals surface area (Å²) in [4.78, 5) is 21.9. The van der Waals surface area contributed by atoms with E-state index < -0.39 is 0 Å². The summed E-state index contributed by atoms with van der Waals surface area (Å²) in [6, 6.07) is 6.46. The number of phenols is 1. The van der Waals surface area contributed by atoms with E-state index in [1.54, 1.807) is 29.5 Å². The van der Waals surface area contributed by atoms with E-state index >= 15 is 0 Å². The largest absolute Gasteiger partial charge is 0.507 e. The van der Waals surface area contributed by atoms with Crippen LogP contribution in [0, 0.1) is 6.92 Å². The molecule has 2 rings (SSSR count). The van der Waals surface area contributed by atoms with Crippen molar-refractivity contribution >= 4 is 47.2 Å². The Balaban J connectivity index is 0.00000338. The molecule has 0 fully saturated rings. The lowest BCUT2D eigenvalue weighted by atomic mass is 10.2. The number of aryl methyl sites for hydroxylation is 1. The average Bonchev–Trinajstić information content (AvgIpc) is 3.02. The van der Waals surface area contributed by atoms with Crippen LogP contribution in [0.2, 0.25) is 0 Å². The van der Waals surface area contributed by atoms with Gasteiger partial charge in [-0.2, -0.15) is 0 Å². The third kappa shape index (κ3) is 7.16. The molecule has 0 aliphatic heterocycles. The molecule has 1 amide bonds. The van der Waals surface area contributed by atoms with Crippen LogP contribution in [0.15, 0.2) is 35.5 Å². The lowest BCUT2D eigenvalue weighted by Crippen LogP contribution is -2.41. The molecule has 7 nitrogen and oxygen atoms in total. The second kappa shape index (κ2) is 11.7. The summed E-state index contributed by atoms with van der Waals surface area (Å²) in [6.07, 6.45) is 1.84. The van der Waals surface area contributed by atoms with Crippen molar-refractivity contribution in [1.82, 2.24) is 20.9 Å². The Morgan fingerprint density at radius 3 is 2.62 bits per heavy atom. The summed E-state index contributed by atoms with van der Waals surface area (Å²) < 4.78 is 0. The Hall–Kier alpha value is -1.88. The number of para-hydroxylation sites is 1. The summed E-state index contributed by atoms with van der Waals surface area (Å²) in [7, 11) is 0. The fourth-order valence-corrected chi connectivity index (χ4v) is 2.79. The highest BCUT2D eigenvalue weighted by atomic mass is 127. The van der Waals surface area contributed by atoms with Crippen molar-refractivity contribution in [2.24, 2.45) is 4.99 Å². The van der Waals surface area contributed by atoms with Gasteiger partial charge in [0.15, 0.2) is 5.96 Å². The number of benzene rings is 1. The molecule has 0 saturated heterocycles. The van der Waals surface area contributed by atoms with Crippen molar-refractivity contribution in [3.63, 3.8) is 0 Å². The minimum Gasteiger partial charge on any atom is -0.507 e. The smallest absolute Gasteiger partial charge is 0.255 e. The number of guanidine groups is 1. The number of amides is 1. The maximum absolute atomic E-state index is 12.0. The van der Waals surface area contributed by atoms with Gasteiger partial charge in [-0.05, 0) is 26.0 Å². The van der Waals surface area contributed by atoms with Gasteiger partial charge in [0.2, 0.25) is 0 Å². The standard InChI is InChI=1S/C17H23N5O2S.HI/c1-3-18-17(22-11-15-21-10-12(2)25-15)20-9-8-19-16(24)13-6-4-5-7-14(13)23;/h4-7,10,23H,3,8-9,11H2,1-2H3,(H,19,24)(H2,18,20,22);1H. The predicted octanol–water partition coefficient (Wildman–Crippen LogP) is 2.26. The molecule has 1 aromatic carbocycles. The minimum atomic E-state index is -0.305. The summed E-state index contributed by atoms with van der Waals surface area (Å²) >= 11 is 1.62. The Labute approximate surface area is 174 Å². The van der Waals surface area contributed by atoms with Crippen LogP contribution in [0.5, 0.6) is 5.75 Å². The molecule has 9 heteroatoms. The molecular weight excluding hydrogens is 465 g/mol. The number of aromatic hydroxyl groups is 1. The second-order valence-corrected chi connectivity index (χ2v) is 6.58. The van der Waals surface area contributed by atoms with Gasteiger partial charge in [0.05, 0.1) is 12.1 Å². The van der Waals surface area contributed by atoms with Crippen molar-refractivity contribution in [2.45, 2.75) is 20.4 Å². The molecule has 0 spiro atoms. The first-order valence-electron chi connectivity index (χ1n) is 8.09. The van der Waals surface area contributed by atoms with E-state index in [0.29, 0.717) is 25.6 Å². The van der Waals surface area contributed by atoms with Crippen LogP contribution in [0.4, 0.5) is 0 Å². The summed E-state index contributed by atoms with van der Waals surface area (Å²) in [5, 5.41) is 19.7. The number of hydrogen-bond donors (Lipinski definition) is 4. The Morgan fingerprint density at radius 1 is 1.23 bits per heavy atom. The van der Waals surface area contributed by atoms with Crippen molar-refractivity contribution in [3.8, 4) is 5.75 Å². The number of rotatable bonds is 7. The lowest BCUT2D eigenvalue weighted by Gasteiger charge is -2.12. The Kier molecular flexibility index (Phi) is 9.96. The number of halogens is 1. The third-order valence-corrected chi connectivity index (χ3v) is 4.13. The van der Waals surface area contributed by atoms with E-state index in [4.69, 9.17) is 0 Å². The van der Waals surface area contributed by atoms with Crippen LogP contribution in [-0.4, -0.2) is 41.6 Å². The highest BCUT2D eigenvalue weighted by Crippen LogP contribution is 2.14. The van der Waals surface area contributed by atoms with Gasteiger partial charge in [-0.15, -0.1) is 35.3 Å². The van der Waals surface area contributed by atoms with Gasteiger partial charge < -0.3 is 21.1 Å². The Morgan fingerprint density at radius 2 is 1.96 bits per heavy atom. The Bertz CT molecular complexity index is 735. The first-order valence-corrected chi connectivity index (χ1v) is 8.91. The molecule has 142 valence electrons. The first kappa shape index (κ1) is 22.2. The third-order valence-electron chi connectivity index (χ3n) is 3.24. The molecule has 1 aromatic heterocycles. The predicted molar refractivity (Wildman–Crippen MR) is 116 cm³/mol. The van der Waals surface area contributed by atoms with E-state index in [9.17, 15) is 9.90 Å². The zero-order chi connectivity index (χ0) is 18.1. The average molecular weight is 489 g/mol. The molecule has 0 bridgehead atoms. The van der Waals surface area contributed by atoms with E-state index in [1.165, 1.54) is 6.07 Å². The van der Waals surface area contributed by atoms with E-state index in [2.05, 4.69) is 25.9 Å². The highest BCUT2D eigenvalue weighted by Gasteiger charge is 2.09. The normalized spacial score (nSPS) is 10.8. The second-order valence-electron chi connectivity index (χ2n) is 5.26. The van der Waals surface area contributed by atoms with Crippen LogP contribution in [0.1, 0.15) is 27.2 Å². The minimum absolute atomic E-state index is 0. The van der Waals surface area contributed by atoms with Crippen LogP contribution in [-0.2, 0) is 6.54 Å². The van der Waals surface area contributed by atoms with Gasteiger partial charge in [0.25, 0.3) is 5.91 Å². The topological polar surface area (TPSA) is 98.6 Å². The molecule has 0 atom stereocenters. The number of carbonyl (C=O) groups is 1. The van der Waals surface area contributed by atoms with Gasteiger partial charge in [-0.3, -0.25) is 4.79 Å². The van der Waals surface area contributed by atoms with Crippen molar-refractivity contribution in [1.29, 1.82) is 0 Å². The van der Waals surface area contributed by atoms with Crippen LogP contribution < -0.4 is 16.0 Å². The zero-order valence-corrected chi connectivity index (χ0v) is 17.9. The number of nitrogens with zero attached hydrogens (tertiary/aromatic N) is 2. The fraction of sp³-hybridized carbons (Fsp3) is 0.353. The van der Waals surface area contributed by atoms with Crippen LogP contribution in [0.3, 0.4) is 0 Å². The molecule has 0 aliphatic rings. The molecule has 0 radical (unpaired) electrons. The molecule has 2 aromatic rings. The van der Waals surface area contributed by atoms with Gasteiger partial charge in [-0.25, -0.2) is 9.98 Å². The van der Waals surface area contributed by atoms with Crippen LogP contribution >= 0.6 is 35.3 Å². The molecule has 4 N–H and O–H groups in total. The van der Waals surface area contributed by atoms with E-state index in [-0.39, 0.29) is 41.2 Å². The summed E-state index contributed by atoms with van der Waals surface area (Å²) in [5.41, 5.74) is 0.266. The summed E-state index contributed by atoms with van der Waals surface area (Å²) in [5.74, 6) is 0.342. The maximum Gasteiger partial charge on any atom is 0.255 e. The number of hydrogen-bond acceptors (Lipinski definition) is 5. The van der Waals surface area contributed by atoms with E-state index in [0.717, 1.165) is 16.4 Å². The van der Waals surface area contributed by atoms with Gasteiger partial charge in [0.1, 0.15) is 10.8 Å². The summed E-state index contributed by atoms with van der Waals surface area (Å²) in [6.45, 7) is 6.19. The molecule has 26 heavy (non-hydrogen) atoms. The number of thiazole rings is 1. The van der Waals surface area contributed by atoms with Gasteiger partial charge in [-0.1, -0.05) is 12.1 Å². The molecule has 1 heterocycles. The molecule has 0 saturated carbocycles. The van der Waals surface area contributed by atoms with Crippen molar-refractivity contribution < 1.29 is 9.90 Å². The molecular formula is C17H24IN5O2S. The number of carbonyl (C=O) groups excluding carboxylic acids is 1. The number of aromatic nitrogens is 1. The molecule has 0 unspecified atom stereocenters. The van der Waals surface area contributed by atoms with Crippen LogP contribution in [0.25, 0.3) is 0 Å². The van der Waals surface area contributed by atoms with Crippen molar-refractivity contribution in [2.75, 3.05) is 19.6 Å². The SMILES string of the molecule is CCNC(=NCc1ncc(C)s1)NCCNC(=O)c1ccccc1O.I. The van der Waals surface area contributed by atoms with Crippen molar-refractivity contribution in [3.05, 3.63) is 45.9 Å². The molecule has 0 aliphatic carbocycles. The lowest BCUT2D eigenvalue weighted by molar-refractivity contribution is 0.0951. The van der Waals surface area contributed by atoms with E-state index in [1.807, 2.05) is 20.0 Å². The fourth-order valence-electron chi connectivity index (χ4n) is 2.08. The number of nitrogens with one attached hydrogen (secondary N) is 3. The monoisotopic (exact) mass is 489 g/mol. The maximum atomic E-state index is 12.0. The number of aliphatic imine (C=N–C) groups is 1. The zero-order valence-electron chi connectivity index (χ0n) is 14.8. The van der Waals surface area contributed by atoms with Gasteiger partial charge in [0, 0.05) is 30.7 Å². The number of phenolic OH excluding ortho intramolecular Hbond substituents is 1. The quantitative estimate of drug-likeness (QED) is 0.207.